The third kappa shape index (κ3) is 4.47. The third-order valence-electron chi connectivity index (χ3n) is 3.61. The summed E-state index contributed by atoms with van der Waals surface area (Å²) in [6.45, 7) is 0. The first-order chi connectivity index (χ1) is 12.5. The Morgan fingerprint density at radius 1 is 1.04 bits per heavy atom. The van der Waals surface area contributed by atoms with Gasteiger partial charge >= 0.3 is 0 Å². The molecule has 26 heavy (non-hydrogen) atoms. The molecule has 3 rings (SSSR count). The Labute approximate surface area is 153 Å². The van der Waals surface area contributed by atoms with E-state index in [1.807, 2.05) is 42.3 Å². The minimum absolute atomic E-state index is 0.441. The summed E-state index contributed by atoms with van der Waals surface area (Å²) in [4.78, 5) is 10.7. The summed E-state index contributed by atoms with van der Waals surface area (Å²) in [6, 6.07) is 16.2. The van der Waals surface area contributed by atoms with Gasteiger partial charge in [0, 0.05) is 36.0 Å². The molecule has 1 aromatic heterocycles. The number of hydrogen-bond donors (Lipinski definition) is 4. The van der Waals surface area contributed by atoms with Crippen molar-refractivity contribution in [2.45, 2.75) is 0 Å². The highest BCUT2D eigenvalue weighted by Gasteiger charge is 2.07. The number of rotatable bonds is 6. The maximum absolute atomic E-state index is 10.7. The van der Waals surface area contributed by atoms with Crippen LogP contribution in [-0.2, 0) is 11.3 Å². The SMILES string of the molecule is CN(c1ccc(N)cc1)c1ccnc(Nc2ccc(NS(=O)O)cc2)n1. The normalized spacial score (nSPS) is 11.6. The van der Waals surface area contributed by atoms with Gasteiger partial charge in [-0.05, 0) is 54.6 Å². The lowest BCUT2D eigenvalue weighted by atomic mass is 10.2. The Bertz CT molecular complexity index is 902. The van der Waals surface area contributed by atoms with Gasteiger partial charge in [-0.1, -0.05) is 0 Å². The van der Waals surface area contributed by atoms with Crippen molar-refractivity contribution in [3.8, 4) is 0 Å². The van der Waals surface area contributed by atoms with Crippen LogP contribution in [0.25, 0.3) is 0 Å². The zero-order chi connectivity index (χ0) is 18.5. The van der Waals surface area contributed by atoms with Crippen LogP contribution in [0.1, 0.15) is 0 Å². The number of nitrogens with one attached hydrogen (secondary N) is 2. The van der Waals surface area contributed by atoms with Crippen LogP contribution in [0.5, 0.6) is 0 Å². The summed E-state index contributed by atoms with van der Waals surface area (Å²) in [5, 5.41) is 3.11. The molecule has 0 radical (unpaired) electrons. The fraction of sp³-hybridized carbons (Fsp3) is 0.0588. The van der Waals surface area contributed by atoms with Gasteiger partial charge in [0.05, 0.1) is 0 Å². The van der Waals surface area contributed by atoms with E-state index in [0.29, 0.717) is 17.3 Å². The molecule has 134 valence electrons. The van der Waals surface area contributed by atoms with Gasteiger partial charge < -0.3 is 16.0 Å². The molecule has 0 spiro atoms. The predicted octanol–water partition coefficient (Wildman–Crippen LogP) is 3.12. The first kappa shape index (κ1) is 17.6. The fourth-order valence-electron chi connectivity index (χ4n) is 2.28. The minimum Gasteiger partial charge on any atom is -0.399 e. The van der Waals surface area contributed by atoms with Gasteiger partial charge in [-0.25, -0.2) is 9.19 Å². The summed E-state index contributed by atoms with van der Waals surface area (Å²) in [5.74, 6) is 1.16. The van der Waals surface area contributed by atoms with Crippen molar-refractivity contribution in [1.82, 2.24) is 9.97 Å². The summed E-state index contributed by atoms with van der Waals surface area (Å²) < 4.78 is 21.9. The van der Waals surface area contributed by atoms with Gasteiger partial charge in [-0.15, -0.1) is 0 Å². The van der Waals surface area contributed by atoms with Crippen molar-refractivity contribution in [3.63, 3.8) is 0 Å². The predicted molar refractivity (Wildman–Crippen MR) is 105 cm³/mol. The molecule has 0 bridgehead atoms. The van der Waals surface area contributed by atoms with E-state index in [-0.39, 0.29) is 0 Å². The van der Waals surface area contributed by atoms with E-state index in [0.717, 1.165) is 17.2 Å². The maximum Gasteiger partial charge on any atom is 0.259 e. The van der Waals surface area contributed by atoms with E-state index in [1.54, 1.807) is 30.5 Å². The van der Waals surface area contributed by atoms with E-state index in [4.69, 9.17) is 10.3 Å². The van der Waals surface area contributed by atoms with Crippen molar-refractivity contribution in [1.29, 1.82) is 0 Å². The van der Waals surface area contributed by atoms with Gasteiger partial charge in [-0.3, -0.25) is 9.27 Å². The van der Waals surface area contributed by atoms with E-state index in [1.165, 1.54) is 0 Å². The van der Waals surface area contributed by atoms with Crippen molar-refractivity contribution in [3.05, 3.63) is 60.8 Å². The van der Waals surface area contributed by atoms with Crippen LogP contribution >= 0.6 is 0 Å². The quantitative estimate of drug-likeness (QED) is 0.389. The Kier molecular flexibility index (Phi) is 5.30. The Hall–Kier alpha value is -3.17. The molecule has 9 heteroatoms. The number of aromatic nitrogens is 2. The highest BCUT2D eigenvalue weighted by atomic mass is 32.2. The van der Waals surface area contributed by atoms with Gasteiger partial charge in [0.25, 0.3) is 11.3 Å². The second-order valence-electron chi connectivity index (χ2n) is 5.44. The third-order valence-corrected chi connectivity index (χ3v) is 4.02. The lowest BCUT2D eigenvalue weighted by Gasteiger charge is -2.19. The Morgan fingerprint density at radius 3 is 2.35 bits per heavy atom. The molecule has 0 aliphatic heterocycles. The van der Waals surface area contributed by atoms with Crippen LogP contribution in [0.4, 0.5) is 34.5 Å². The second kappa shape index (κ2) is 7.81. The molecule has 0 saturated heterocycles. The molecule has 1 unspecified atom stereocenters. The van der Waals surface area contributed by atoms with Crippen LogP contribution in [0.3, 0.4) is 0 Å². The molecule has 8 nitrogen and oxygen atoms in total. The van der Waals surface area contributed by atoms with E-state index >= 15 is 0 Å². The Balaban J connectivity index is 1.74. The summed E-state index contributed by atoms with van der Waals surface area (Å²) in [7, 11) is 1.91. The first-order valence-corrected chi connectivity index (χ1v) is 8.79. The molecule has 0 aliphatic rings. The van der Waals surface area contributed by atoms with Crippen LogP contribution < -0.4 is 20.7 Å². The number of anilines is 6. The summed E-state index contributed by atoms with van der Waals surface area (Å²) >= 11 is -2.10. The van der Waals surface area contributed by atoms with E-state index < -0.39 is 11.3 Å². The van der Waals surface area contributed by atoms with E-state index in [2.05, 4.69) is 20.0 Å². The van der Waals surface area contributed by atoms with Gasteiger partial charge in [-0.2, -0.15) is 4.98 Å². The number of benzene rings is 2. The zero-order valence-electron chi connectivity index (χ0n) is 14.0. The number of nitrogens with zero attached hydrogens (tertiary/aromatic N) is 3. The Morgan fingerprint density at radius 2 is 1.69 bits per heavy atom. The van der Waals surface area contributed by atoms with Crippen LogP contribution in [-0.4, -0.2) is 25.8 Å². The number of hydrogen-bond acceptors (Lipinski definition) is 6. The molecule has 0 aliphatic carbocycles. The lowest BCUT2D eigenvalue weighted by molar-refractivity contribution is 0.570. The molecule has 3 aromatic rings. The zero-order valence-corrected chi connectivity index (χ0v) is 14.8. The molecular formula is C17H18N6O2S. The van der Waals surface area contributed by atoms with Crippen LogP contribution in [0.15, 0.2) is 60.8 Å². The smallest absolute Gasteiger partial charge is 0.259 e. The molecule has 0 fully saturated rings. The molecule has 2 aromatic carbocycles. The number of nitrogens with two attached hydrogens (primary N) is 1. The van der Waals surface area contributed by atoms with Crippen LogP contribution in [0.2, 0.25) is 0 Å². The second-order valence-corrected chi connectivity index (χ2v) is 6.15. The van der Waals surface area contributed by atoms with Gasteiger partial charge in [0.1, 0.15) is 5.82 Å². The average molecular weight is 370 g/mol. The minimum atomic E-state index is -2.10. The number of nitrogen functional groups attached to an aromatic ring is 1. The standard InChI is InChI=1S/C17H18N6O2S/c1-23(15-8-2-12(18)3-9-15)16-10-11-19-17(21-16)20-13-4-6-14(7-5-13)22-26(24)25/h2-11,22H,18H2,1H3,(H,24,25)(H,19,20,21). The van der Waals surface area contributed by atoms with Crippen LogP contribution in [0, 0.1) is 0 Å². The highest BCUT2D eigenvalue weighted by molar-refractivity contribution is 7.80. The van der Waals surface area contributed by atoms with Crippen molar-refractivity contribution in [2.75, 3.05) is 27.7 Å². The van der Waals surface area contributed by atoms with E-state index in [9.17, 15) is 4.21 Å². The molecule has 1 heterocycles. The molecular weight excluding hydrogens is 352 g/mol. The lowest BCUT2D eigenvalue weighted by Crippen LogP contribution is -2.12. The first-order valence-electron chi connectivity index (χ1n) is 7.68. The maximum atomic E-state index is 10.7. The monoisotopic (exact) mass is 370 g/mol. The largest absolute Gasteiger partial charge is 0.399 e. The van der Waals surface area contributed by atoms with Crippen molar-refractivity contribution >= 4 is 45.8 Å². The molecule has 0 saturated carbocycles. The van der Waals surface area contributed by atoms with Crippen molar-refractivity contribution in [2.24, 2.45) is 0 Å². The van der Waals surface area contributed by atoms with Gasteiger partial charge in [0.15, 0.2) is 0 Å². The average Bonchev–Trinajstić information content (AvgIpc) is 2.63. The summed E-state index contributed by atoms with van der Waals surface area (Å²) in [5.41, 5.74) is 8.67. The molecule has 1 atom stereocenters. The van der Waals surface area contributed by atoms with Crippen molar-refractivity contribution < 1.29 is 8.76 Å². The molecule has 5 N–H and O–H groups in total. The fourth-order valence-corrected chi connectivity index (χ4v) is 2.62. The topological polar surface area (TPSA) is 116 Å². The van der Waals surface area contributed by atoms with Gasteiger partial charge in [0.2, 0.25) is 5.95 Å². The highest BCUT2D eigenvalue weighted by Crippen LogP contribution is 2.24. The summed E-state index contributed by atoms with van der Waals surface area (Å²) in [6.07, 6.45) is 1.67. The molecule has 0 amide bonds.